The molecule has 0 aliphatic carbocycles. The minimum Gasteiger partial charge on any atom is -0.493 e. The number of benzene rings is 2. The molecule has 0 spiro atoms. The van der Waals surface area contributed by atoms with Crippen molar-refractivity contribution in [3.63, 3.8) is 0 Å². The van der Waals surface area contributed by atoms with E-state index in [1.165, 1.54) is 6.07 Å². The number of ether oxygens (including phenoxy) is 2. The lowest BCUT2D eigenvalue weighted by atomic mass is 9.94. The number of anilines is 1. The standard InChI is InChI=1S/C24H24N6O5S/c1-34-18-9-8-14(12-19(18)35-2)17-13-16(20-10-11-21(36-20)30(32)33)25-23-22(24(31)28-29(17)23)27-26-15-6-4-3-5-7-15/h3-12,16-17,23,25-26H,13H2,1-2H3,(H,28,31). The van der Waals surface area contributed by atoms with E-state index in [9.17, 15) is 14.9 Å². The summed E-state index contributed by atoms with van der Waals surface area (Å²) >= 11 is 1.12. The molecule has 36 heavy (non-hydrogen) atoms. The van der Waals surface area contributed by atoms with Crippen LogP contribution in [-0.2, 0) is 4.79 Å². The van der Waals surface area contributed by atoms with Crippen molar-refractivity contribution in [1.82, 2.24) is 15.8 Å². The van der Waals surface area contributed by atoms with Crippen molar-refractivity contribution in [2.45, 2.75) is 24.7 Å². The van der Waals surface area contributed by atoms with Crippen molar-refractivity contribution >= 4 is 33.6 Å². The first-order valence-corrected chi connectivity index (χ1v) is 12.0. The molecule has 186 valence electrons. The van der Waals surface area contributed by atoms with Crippen molar-refractivity contribution in [1.29, 1.82) is 0 Å². The predicted molar refractivity (Wildman–Crippen MR) is 135 cm³/mol. The summed E-state index contributed by atoms with van der Waals surface area (Å²) in [7, 11) is 3.14. The van der Waals surface area contributed by atoms with Gasteiger partial charge in [-0.25, -0.2) is 0 Å². The van der Waals surface area contributed by atoms with E-state index in [-0.39, 0.29) is 28.7 Å². The Bertz CT molecular complexity index is 1310. The zero-order valence-corrected chi connectivity index (χ0v) is 20.3. The van der Waals surface area contributed by atoms with Crippen molar-refractivity contribution in [2.75, 3.05) is 19.6 Å². The Hall–Kier alpha value is -4.00. The van der Waals surface area contributed by atoms with Crippen LogP contribution >= 0.6 is 11.3 Å². The molecular formula is C24H24N6O5S. The van der Waals surface area contributed by atoms with Gasteiger partial charge in [0.2, 0.25) is 0 Å². The van der Waals surface area contributed by atoms with Gasteiger partial charge >= 0.3 is 5.00 Å². The minimum absolute atomic E-state index is 0.0668. The number of para-hydroxylation sites is 1. The van der Waals surface area contributed by atoms with Gasteiger partial charge in [-0.05, 0) is 42.3 Å². The Morgan fingerprint density at radius 2 is 1.89 bits per heavy atom. The number of nitrogens with one attached hydrogen (secondary N) is 3. The Morgan fingerprint density at radius 3 is 2.58 bits per heavy atom. The lowest BCUT2D eigenvalue weighted by Gasteiger charge is -2.41. The number of nitrogens with zero attached hydrogens (tertiary/aromatic N) is 3. The largest absolute Gasteiger partial charge is 0.493 e. The van der Waals surface area contributed by atoms with Crippen molar-refractivity contribution in [2.24, 2.45) is 5.10 Å². The van der Waals surface area contributed by atoms with Crippen LogP contribution in [-0.4, -0.2) is 41.9 Å². The average molecular weight is 509 g/mol. The summed E-state index contributed by atoms with van der Waals surface area (Å²) in [6.45, 7) is 0. The van der Waals surface area contributed by atoms with E-state index in [0.29, 0.717) is 17.9 Å². The van der Waals surface area contributed by atoms with E-state index in [4.69, 9.17) is 9.47 Å². The SMILES string of the molecule is COc1ccc(C2CC(c3ccc([N+](=O)[O-])s3)NC3C(=NNc4ccccc4)C(=O)NN32)cc1OC. The third-order valence-corrected chi connectivity index (χ3v) is 7.31. The third-order valence-electron chi connectivity index (χ3n) is 6.16. The predicted octanol–water partition coefficient (Wildman–Crippen LogP) is 3.59. The molecule has 3 unspecified atom stereocenters. The molecule has 2 aromatic carbocycles. The Morgan fingerprint density at radius 1 is 1.11 bits per heavy atom. The third kappa shape index (κ3) is 4.49. The number of nitro groups is 1. The molecular weight excluding hydrogens is 484 g/mol. The summed E-state index contributed by atoms with van der Waals surface area (Å²) in [5.41, 5.74) is 7.79. The molecule has 12 heteroatoms. The Balaban J connectivity index is 1.52. The van der Waals surface area contributed by atoms with Gasteiger partial charge in [0.05, 0.1) is 30.9 Å². The topological polar surface area (TPSA) is 130 Å². The van der Waals surface area contributed by atoms with Gasteiger partial charge in [0.15, 0.2) is 17.2 Å². The van der Waals surface area contributed by atoms with Gasteiger partial charge in [0.1, 0.15) is 6.17 Å². The lowest BCUT2D eigenvalue weighted by Crippen LogP contribution is -2.55. The summed E-state index contributed by atoms with van der Waals surface area (Å²) in [4.78, 5) is 24.7. The van der Waals surface area contributed by atoms with Crippen LogP contribution in [0.25, 0.3) is 0 Å². The van der Waals surface area contributed by atoms with Crippen LogP contribution in [0, 0.1) is 10.1 Å². The van der Waals surface area contributed by atoms with Gasteiger partial charge in [0.25, 0.3) is 5.91 Å². The number of carbonyl (C=O) groups excluding carboxylic acids is 1. The van der Waals surface area contributed by atoms with E-state index in [0.717, 1.165) is 27.5 Å². The maximum atomic E-state index is 13.0. The van der Waals surface area contributed by atoms with Crippen molar-refractivity contribution < 1.29 is 19.2 Å². The first-order valence-electron chi connectivity index (χ1n) is 11.2. The molecule has 3 heterocycles. The molecule has 0 saturated carbocycles. The quantitative estimate of drug-likeness (QED) is 0.326. The fourth-order valence-electron chi connectivity index (χ4n) is 4.44. The second kappa shape index (κ2) is 9.93. The number of hydrazine groups is 1. The number of hydrazone groups is 1. The maximum Gasteiger partial charge on any atom is 0.324 e. The number of amides is 1. The number of rotatable bonds is 7. The number of methoxy groups -OCH3 is 2. The molecule has 1 amide bonds. The molecule has 2 saturated heterocycles. The molecule has 2 fully saturated rings. The van der Waals surface area contributed by atoms with Gasteiger partial charge in [-0.15, -0.1) is 0 Å². The van der Waals surface area contributed by atoms with Crippen LogP contribution in [0.3, 0.4) is 0 Å². The highest BCUT2D eigenvalue weighted by Gasteiger charge is 2.47. The fourth-order valence-corrected chi connectivity index (χ4v) is 5.33. The van der Waals surface area contributed by atoms with Crippen LogP contribution < -0.4 is 25.6 Å². The zero-order chi connectivity index (χ0) is 25.2. The van der Waals surface area contributed by atoms with Gasteiger partial charge in [-0.2, -0.15) is 10.1 Å². The zero-order valence-electron chi connectivity index (χ0n) is 19.5. The van der Waals surface area contributed by atoms with Crippen LogP contribution in [0.1, 0.15) is 28.9 Å². The van der Waals surface area contributed by atoms with Gasteiger partial charge < -0.3 is 9.47 Å². The smallest absolute Gasteiger partial charge is 0.324 e. The van der Waals surface area contributed by atoms with Gasteiger partial charge in [0, 0.05) is 17.0 Å². The number of fused-ring (bicyclic) bond motifs is 1. The fraction of sp³-hybridized carbons (Fsp3) is 0.250. The lowest BCUT2D eigenvalue weighted by molar-refractivity contribution is -0.380. The normalized spacial score (nSPS) is 22.7. The molecule has 3 aromatic rings. The Labute approximate surface area is 210 Å². The van der Waals surface area contributed by atoms with E-state index in [1.54, 1.807) is 20.3 Å². The summed E-state index contributed by atoms with van der Waals surface area (Å²) < 4.78 is 10.9. The van der Waals surface area contributed by atoms with Crippen LogP contribution in [0.15, 0.2) is 65.8 Å². The summed E-state index contributed by atoms with van der Waals surface area (Å²) in [5, 5.41) is 21.1. The van der Waals surface area contributed by atoms with Crippen LogP contribution in [0.2, 0.25) is 0 Å². The van der Waals surface area contributed by atoms with Crippen molar-refractivity contribution in [3.05, 3.63) is 81.2 Å². The van der Waals surface area contributed by atoms with E-state index in [1.807, 2.05) is 53.5 Å². The number of carbonyl (C=O) groups is 1. The summed E-state index contributed by atoms with van der Waals surface area (Å²) in [6, 6.07) is 17.7. The van der Waals surface area contributed by atoms with Crippen molar-refractivity contribution in [3.8, 4) is 11.5 Å². The highest BCUT2D eigenvalue weighted by Crippen LogP contribution is 2.42. The molecule has 3 atom stereocenters. The van der Waals surface area contributed by atoms with Gasteiger partial charge in [-0.3, -0.25) is 31.1 Å². The molecule has 2 aliphatic heterocycles. The number of thiophene rings is 1. The maximum absolute atomic E-state index is 13.0. The van der Waals surface area contributed by atoms with Crippen LogP contribution in [0.5, 0.6) is 11.5 Å². The highest BCUT2D eigenvalue weighted by molar-refractivity contribution is 7.15. The highest BCUT2D eigenvalue weighted by atomic mass is 32.1. The first-order chi connectivity index (χ1) is 17.5. The van der Waals surface area contributed by atoms with E-state index < -0.39 is 11.1 Å². The first kappa shape index (κ1) is 23.7. The molecule has 5 rings (SSSR count). The molecule has 2 aliphatic rings. The van der Waals surface area contributed by atoms with E-state index in [2.05, 4.69) is 21.3 Å². The monoisotopic (exact) mass is 508 g/mol. The summed E-state index contributed by atoms with van der Waals surface area (Å²) in [5.74, 6) is 0.828. The average Bonchev–Trinajstić information content (AvgIpc) is 3.52. The second-order valence-corrected chi connectivity index (χ2v) is 9.34. The molecule has 0 radical (unpaired) electrons. The Kier molecular flexibility index (Phi) is 6.55. The summed E-state index contributed by atoms with van der Waals surface area (Å²) in [6.07, 6.45) is -0.0322. The van der Waals surface area contributed by atoms with Gasteiger partial charge in [-0.1, -0.05) is 35.6 Å². The molecule has 1 aromatic heterocycles. The molecule has 3 N–H and O–H groups in total. The number of hydrogen-bond donors (Lipinski definition) is 3. The molecule has 0 bridgehead atoms. The van der Waals surface area contributed by atoms with E-state index >= 15 is 0 Å². The molecule has 11 nitrogen and oxygen atoms in total. The minimum atomic E-state index is -0.577. The second-order valence-electron chi connectivity index (χ2n) is 8.24. The van der Waals surface area contributed by atoms with Crippen LogP contribution in [0.4, 0.5) is 10.7 Å². The number of hydrogen-bond acceptors (Lipinski definition) is 10.